The highest BCUT2D eigenvalue weighted by molar-refractivity contribution is 4.96. The summed E-state index contributed by atoms with van der Waals surface area (Å²) in [6.45, 7) is 5.97. The van der Waals surface area contributed by atoms with E-state index in [-0.39, 0.29) is 0 Å². The first-order chi connectivity index (χ1) is 9.05. The summed E-state index contributed by atoms with van der Waals surface area (Å²) in [6.07, 6.45) is 11.2. The van der Waals surface area contributed by atoms with Crippen molar-refractivity contribution in [1.82, 2.24) is 10.2 Å². The predicted octanol–water partition coefficient (Wildman–Crippen LogP) is 3.67. The second-order valence-corrected chi connectivity index (χ2v) is 7.49. The van der Waals surface area contributed by atoms with Gasteiger partial charge in [0.25, 0.3) is 0 Å². The molecule has 0 heterocycles. The molecule has 4 atom stereocenters. The van der Waals surface area contributed by atoms with Crippen molar-refractivity contribution < 1.29 is 0 Å². The average Bonchev–Trinajstić information content (AvgIpc) is 2.84. The Balaban J connectivity index is 1.87. The summed E-state index contributed by atoms with van der Waals surface area (Å²) in [6, 6.07) is 0.791. The Morgan fingerprint density at radius 3 is 2.58 bits per heavy atom. The van der Waals surface area contributed by atoms with Crippen molar-refractivity contribution in [2.75, 3.05) is 20.6 Å². The van der Waals surface area contributed by atoms with Crippen LogP contribution in [0.3, 0.4) is 0 Å². The van der Waals surface area contributed by atoms with E-state index in [4.69, 9.17) is 0 Å². The molecule has 0 aliphatic heterocycles. The van der Waals surface area contributed by atoms with Gasteiger partial charge < -0.3 is 10.2 Å². The van der Waals surface area contributed by atoms with Gasteiger partial charge in [-0.25, -0.2) is 0 Å². The van der Waals surface area contributed by atoms with Gasteiger partial charge in [-0.3, -0.25) is 0 Å². The maximum atomic E-state index is 3.92. The molecule has 0 aromatic carbocycles. The molecule has 4 unspecified atom stereocenters. The fourth-order valence-electron chi connectivity index (χ4n) is 4.32. The molecule has 0 spiro atoms. The lowest BCUT2D eigenvalue weighted by molar-refractivity contribution is 0.0723. The number of hydrogen-bond acceptors (Lipinski definition) is 2. The van der Waals surface area contributed by atoms with Gasteiger partial charge in [0.1, 0.15) is 0 Å². The van der Waals surface area contributed by atoms with Gasteiger partial charge in [-0.15, -0.1) is 0 Å². The maximum Gasteiger partial charge on any atom is 0.0330 e. The Bertz CT molecular complexity index is 276. The van der Waals surface area contributed by atoms with E-state index in [0.29, 0.717) is 5.54 Å². The molecule has 0 saturated heterocycles. The number of likely N-dealkylation sites (N-methyl/N-ethyl adjacent to an activating group) is 1. The summed E-state index contributed by atoms with van der Waals surface area (Å²) in [4.78, 5) is 2.50. The van der Waals surface area contributed by atoms with Crippen molar-refractivity contribution >= 4 is 0 Å². The van der Waals surface area contributed by atoms with Crippen molar-refractivity contribution in [3.63, 3.8) is 0 Å². The molecule has 2 saturated carbocycles. The molecule has 2 fully saturated rings. The number of hydrogen-bond donors (Lipinski definition) is 1. The molecule has 0 aromatic rings. The fourth-order valence-corrected chi connectivity index (χ4v) is 4.32. The third-order valence-corrected chi connectivity index (χ3v) is 5.85. The Morgan fingerprint density at radius 1 is 1.21 bits per heavy atom. The molecule has 2 aliphatic carbocycles. The van der Waals surface area contributed by atoms with E-state index in [1.54, 1.807) is 0 Å². The molecule has 0 bridgehead atoms. The summed E-state index contributed by atoms with van der Waals surface area (Å²) in [5, 5.41) is 3.92. The quantitative estimate of drug-likeness (QED) is 0.817. The molecule has 0 radical (unpaired) electrons. The zero-order valence-electron chi connectivity index (χ0n) is 13.5. The molecule has 19 heavy (non-hydrogen) atoms. The smallest absolute Gasteiger partial charge is 0.0330 e. The third-order valence-electron chi connectivity index (χ3n) is 5.85. The first-order valence-corrected chi connectivity index (χ1v) is 8.46. The minimum absolute atomic E-state index is 0.419. The van der Waals surface area contributed by atoms with E-state index >= 15 is 0 Å². The van der Waals surface area contributed by atoms with Gasteiger partial charge in [0.05, 0.1) is 0 Å². The number of rotatable bonds is 5. The highest BCUT2D eigenvalue weighted by Gasteiger charge is 2.37. The molecular formula is C17H34N2. The normalized spacial score (nSPS) is 39.9. The molecule has 2 rings (SSSR count). The minimum atomic E-state index is 0.419. The van der Waals surface area contributed by atoms with E-state index in [0.717, 1.165) is 17.9 Å². The summed E-state index contributed by atoms with van der Waals surface area (Å²) >= 11 is 0. The Kier molecular flexibility index (Phi) is 5.30. The molecule has 112 valence electrons. The van der Waals surface area contributed by atoms with Gasteiger partial charge in [-0.2, -0.15) is 0 Å². The van der Waals surface area contributed by atoms with E-state index < -0.39 is 0 Å². The molecule has 1 N–H and O–H groups in total. The third kappa shape index (κ3) is 3.72. The van der Waals surface area contributed by atoms with Crippen LogP contribution in [0.15, 0.2) is 0 Å². The summed E-state index contributed by atoms with van der Waals surface area (Å²) < 4.78 is 0. The lowest BCUT2D eigenvalue weighted by atomic mass is 9.75. The largest absolute Gasteiger partial charge is 0.312 e. The Morgan fingerprint density at radius 2 is 2.00 bits per heavy atom. The van der Waals surface area contributed by atoms with E-state index in [9.17, 15) is 0 Å². The van der Waals surface area contributed by atoms with Crippen molar-refractivity contribution in [2.45, 2.75) is 76.8 Å². The second kappa shape index (κ2) is 6.58. The molecule has 2 aliphatic rings. The fraction of sp³-hybridized carbons (Fsp3) is 1.00. The lowest BCUT2D eigenvalue weighted by Gasteiger charge is -2.46. The SMILES string of the molecule is CCC1CCC(NCC2(N(C)C)CCCC(C)C2)C1. The lowest BCUT2D eigenvalue weighted by Crippen LogP contribution is -2.55. The van der Waals surface area contributed by atoms with Crippen molar-refractivity contribution in [1.29, 1.82) is 0 Å². The zero-order chi connectivity index (χ0) is 13.9. The molecule has 0 amide bonds. The van der Waals surface area contributed by atoms with Crippen LogP contribution in [0.2, 0.25) is 0 Å². The topological polar surface area (TPSA) is 15.3 Å². The van der Waals surface area contributed by atoms with Crippen LogP contribution in [0.1, 0.15) is 65.2 Å². The predicted molar refractivity (Wildman–Crippen MR) is 83.5 cm³/mol. The van der Waals surface area contributed by atoms with Crippen LogP contribution < -0.4 is 5.32 Å². The van der Waals surface area contributed by atoms with E-state index in [1.165, 1.54) is 57.9 Å². The van der Waals surface area contributed by atoms with Crippen LogP contribution in [0.25, 0.3) is 0 Å². The van der Waals surface area contributed by atoms with Gasteiger partial charge >= 0.3 is 0 Å². The minimum Gasteiger partial charge on any atom is -0.312 e. The first kappa shape index (κ1) is 15.3. The first-order valence-electron chi connectivity index (χ1n) is 8.46. The van der Waals surface area contributed by atoms with Crippen LogP contribution in [0, 0.1) is 11.8 Å². The monoisotopic (exact) mass is 266 g/mol. The molecule has 2 heteroatoms. The van der Waals surface area contributed by atoms with Crippen LogP contribution in [-0.4, -0.2) is 37.1 Å². The molecule has 0 aromatic heterocycles. The number of nitrogens with zero attached hydrogens (tertiary/aromatic N) is 1. The summed E-state index contributed by atoms with van der Waals surface area (Å²) in [5.41, 5.74) is 0.419. The average molecular weight is 266 g/mol. The van der Waals surface area contributed by atoms with Gasteiger partial charge in [-0.05, 0) is 58.0 Å². The van der Waals surface area contributed by atoms with Crippen molar-refractivity contribution in [2.24, 2.45) is 11.8 Å². The zero-order valence-corrected chi connectivity index (χ0v) is 13.5. The molecule has 2 nitrogen and oxygen atoms in total. The highest BCUT2D eigenvalue weighted by atomic mass is 15.2. The van der Waals surface area contributed by atoms with Gasteiger partial charge in [-0.1, -0.05) is 33.1 Å². The van der Waals surface area contributed by atoms with Crippen LogP contribution in [-0.2, 0) is 0 Å². The van der Waals surface area contributed by atoms with Crippen LogP contribution in [0.5, 0.6) is 0 Å². The van der Waals surface area contributed by atoms with Gasteiger partial charge in [0.2, 0.25) is 0 Å². The standard InChI is InChI=1S/C17H34N2/c1-5-15-8-9-16(11-15)18-13-17(19(3)4)10-6-7-14(2)12-17/h14-16,18H,5-13H2,1-4H3. The van der Waals surface area contributed by atoms with Gasteiger partial charge in [0, 0.05) is 18.1 Å². The summed E-state index contributed by atoms with van der Waals surface area (Å²) in [7, 11) is 4.56. The highest BCUT2D eigenvalue weighted by Crippen LogP contribution is 2.36. The van der Waals surface area contributed by atoms with E-state index in [1.807, 2.05) is 0 Å². The Hall–Kier alpha value is -0.0800. The van der Waals surface area contributed by atoms with Crippen LogP contribution in [0.4, 0.5) is 0 Å². The Labute approximate surface area is 120 Å². The van der Waals surface area contributed by atoms with Crippen LogP contribution >= 0.6 is 0 Å². The van der Waals surface area contributed by atoms with E-state index in [2.05, 4.69) is 38.2 Å². The van der Waals surface area contributed by atoms with Gasteiger partial charge in [0.15, 0.2) is 0 Å². The maximum absolute atomic E-state index is 3.92. The van der Waals surface area contributed by atoms with Crippen molar-refractivity contribution in [3.8, 4) is 0 Å². The van der Waals surface area contributed by atoms with Crippen molar-refractivity contribution in [3.05, 3.63) is 0 Å². The second-order valence-electron chi connectivity index (χ2n) is 7.49. The summed E-state index contributed by atoms with van der Waals surface area (Å²) in [5.74, 6) is 1.88. The number of nitrogens with one attached hydrogen (secondary N) is 1. The molecular weight excluding hydrogens is 232 g/mol.